The number of methoxy groups -OCH3 is 2. The summed E-state index contributed by atoms with van der Waals surface area (Å²) in [6, 6.07) is 15.9. The molecule has 1 unspecified atom stereocenters. The first-order chi connectivity index (χ1) is 15.2. The van der Waals surface area contributed by atoms with Gasteiger partial charge in [-0.25, -0.2) is 12.8 Å². The second kappa shape index (κ2) is 9.69. The van der Waals surface area contributed by atoms with Crippen molar-refractivity contribution < 1.29 is 27.1 Å². The molecule has 0 saturated heterocycles. The summed E-state index contributed by atoms with van der Waals surface area (Å²) in [5.41, 5.74) is 1.22. The molecule has 3 rings (SSSR count). The van der Waals surface area contributed by atoms with E-state index in [0.717, 1.165) is 0 Å². The van der Waals surface area contributed by atoms with Gasteiger partial charge >= 0.3 is 0 Å². The van der Waals surface area contributed by atoms with Gasteiger partial charge in [-0.3, -0.25) is 9.52 Å². The van der Waals surface area contributed by atoms with E-state index in [-0.39, 0.29) is 16.2 Å². The Morgan fingerprint density at radius 3 is 2.16 bits per heavy atom. The highest BCUT2D eigenvalue weighted by molar-refractivity contribution is 7.92. The zero-order valence-corrected chi connectivity index (χ0v) is 18.6. The normalized spacial score (nSPS) is 12.0. The highest BCUT2D eigenvalue weighted by Gasteiger charge is 2.17. The molecule has 0 radical (unpaired) electrons. The second-order valence-electron chi connectivity index (χ2n) is 6.95. The number of hydrogen-bond acceptors (Lipinski definition) is 5. The average Bonchev–Trinajstić information content (AvgIpc) is 2.79. The van der Waals surface area contributed by atoms with Crippen molar-refractivity contribution in [2.45, 2.75) is 17.9 Å². The fourth-order valence-corrected chi connectivity index (χ4v) is 4.03. The molecule has 0 fully saturated rings. The number of anilines is 1. The first kappa shape index (κ1) is 23.1. The zero-order chi connectivity index (χ0) is 23.3. The summed E-state index contributed by atoms with van der Waals surface area (Å²) in [6.07, 6.45) is 0. The molecule has 3 aromatic rings. The van der Waals surface area contributed by atoms with Crippen LogP contribution in [0.15, 0.2) is 71.6 Å². The summed E-state index contributed by atoms with van der Waals surface area (Å²) < 4.78 is 51.5. The van der Waals surface area contributed by atoms with Crippen molar-refractivity contribution in [3.8, 4) is 11.5 Å². The molecule has 0 aromatic heterocycles. The van der Waals surface area contributed by atoms with Gasteiger partial charge in [-0.1, -0.05) is 6.07 Å². The van der Waals surface area contributed by atoms with Crippen molar-refractivity contribution in [2.24, 2.45) is 0 Å². The number of sulfonamides is 1. The van der Waals surface area contributed by atoms with Crippen LogP contribution in [0.3, 0.4) is 0 Å². The molecule has 3 aromatic carbocycles. The molecule has 0 aliphatic rings. The van der Waals surface area contributed by atoms with E-state index in [9.17, 15) is 17.6 Å². The van der Waals surface area contributed by atoms with Gasteiger partial charge in [0.15, 0.2) is 11.6 Å². The topological polar surface area (TPSA) is 93.7 Å². The van der Waals surface area contributed by atoms with E-state index < -0.39 is 27.8 Å². The maximum Gasteiger partial charge on any atom is 0.261 e. The van der Waals surface area contributed by atoms with Crippen LogP contribution in [-0.2, 0) is 10.0 Å². The minimum Gasteiger partial charge on any atom is -0.497 e. The lowest BCUT2D eigenvalue weighted by molar-refractivity contribution is 0.0939. The Kier molecular flexibility index (Phi) is 6.99. The Bertz CT molecular complexity index is 1200. The lowest BCUT2D eigenvalue weighted by Gasteiger charge is -2.15. The van der Waals surface area contributed by atoms with Gasteiger partial charge in [-0.05, 0) is 73.2 Å². The molecule has 2 N–H and O–H groups in total. The number of benzene rings is 3. The van der Waals surface area contributed by atoms with Crippen LogP contribution in [0.4, 0.5) is 10.1 Å². The van der Waals surface area contributed by atoms with Crippen LogP contribution in [0, 0.1) is 5.82 Å². The van der Waals surface area contributed by atoms with E-state index >= 15 is 0 Å². The third-order valence-electron chi connectivity index (χ3n) is 4.79. The predicted octanol–water partition coefficient (Wildman–Crippen LogP) is 4.13. The molecule has 7 nitrogen and oxygen atoms in total. The van der Waals surface area contributed by atoms with Gasteiger partial charge in [0.25, 0.3) is 15.9 Å². The summed E-state index contributed by atoms with van der Waals surface area (Å²) >= 11 is 0. The lowest BCUT2D eigenvalue weighted by Crippen LogP contribution is -2.26. The Morgan fingerprint density at radius 2 is 1.59 bits per heavy atom. The van der Waals surface area contributed by atoms with Crippen LogP contribution in [0.5, 0.6) is 11.5 Å². The van der Waals surface area contributed by atoms with Crippen LogP contribution in [0.1, 0.15) is 28.9 Å². The molecular formula is C23H23FN2O5S. The minimum atomic E-state index is -3.83. The SMILES string of the molecule is COc1ccc(NS(=O)(=O)c2ccc(C(=O)NC(C)c3ccc(OC)c(F)c3)cc2)cc1. The van der Waals surface area contributed by atoms with Crippen LogP contribution in [0.2, 0.25) is 0 Å². The number of carbonyl (C=O) groups is 1. The second-order valence-corrected chi connectivity index (χ2v) is 8.63. The number of carbonyl (C=O) groups excluding carboxylic acids is 1. The number of rotatable bonds is 8. The van der Waals surface area contributed by atoms with E-state index in [1.54, 1.807) is 37.3 Å². The Morgan fingerprint density at radius 1 is 0.938 bits per heavy atom. The van der Waals surface area contributed by atoms with E-state index in [2.05, 4.69) is 10.0 Å². The standard InChI is InChI=1S/C23H23FN2O5S/c1-15(17-6-13-22(31-3)21(24)14-17)25-23(27)16-4-11-20(12-5-16)32(28,29)26-18-7-9-19(30-2)10-8-18/h4-15,26H,1-3H3,(H,25,27). The number of amides is 1. The van der Waals surface area contributed by atoms with E-state index in [1.807, 2.05) is 0 Å². The van der Waals surface area contributed by atoms with Gasteiger partial charge in [-0.15, -0.1) is 0 Å². The highest BCUT2D eigenvalue weighted by atomic mass is 32.2. The van der Waals surface area contributed by atoms with Crippen molar-refractivity contribution in [3.63, 3.8) is 0 Å². The Labute approximate surface area is 186 Å². The zero-order valence-electron chi connectivity index (χ0n) is 17.8. The smallest absolute Gasteiger partial charge is 0.261 e. The third-order valence-corrected chi connectivity index (χ3v) is 6.19. The summed E-state index contributed by atoms with van der Waals surface area (Å²) in [7, 11) is -0.933. The summed E-state index contributed by atoms with van der Waals surface area (Å²) in [6.45, 7) is 1.72. The highest BCUT2D eigenvalue weighted by Crippen LogP contribution is 2.23. The van der Waals surface area contributed by atoms with Crippen molar-refractivity contribution in [1.29, 1.82) is 0 Å². The first-order valence-electron chi connectivity index (χ1n) is 9.64. The van der Waals surface area contributed by atoms with Gasteiger partial charge in [0.1, 0.15) is 5.75 Å². The maximum atomic E-state index is 13.9. The summed E-state index contributed by atoms with van der Waals surface area (Å²) in [4.78, 5) is 12.6. The van der Waals surface area contributed by atoms with Crippen molar-refractivity contribution in [1.82, 2.24) is 5.32 Å². The van der Waals surface area contributed by atoms with E-state index in [1.165, 1.54) is 50.6 Å². The van der Waals surface area contributed by atoms with Crippen LogP contribution in [0.25, 0.3) is 0 Å². The van der Waals surface area contributed by atoms with Crippen molar-refractivity contribution in [3.05, 3.63) is 83.7 Å². The fraction of sp³-hybridized carbons (Fsp3) is 0.174. The van der Waals surface area contributed by atoms with Gasteiger partial charge in [-0.2, -0.15) is 0 Å². The molecule has 0 heterocycles. The molecule has 9 heteroatoms. The molecule has 1 atom stereocenters. The van der Waals surface area contributed by atoms with Crippen molar-refractivity contribution in [2.75, 3.05) is 18.9 Å². The average molecular weight is 459 g/mol. The quantitative estimate of drug-likeness (QED) is 0.529. The first-order valence-corrected chi connectivity index (χ1v) is 11.1. The molecule has 0 bridgehead atoms. The molecular weight excluding hydrogens is 435 g/mol. The van der Waals surface area contributed by atoms with Gasteiger partial charge in [0, 0.05) is 11.3 Å². The van der Waals surface area contributed by atoms with Gasteiger partial charge in [0.2, 0.25) is 0 Å². The lowest BCUT2D eigenvalue weighted by atomic mass is 10.1. The number of halogens is 1. The molecule has 168 valence electrons. The Hall–Kier alpha value is -3.59. The van der Waals surface area contributed by atoms with E-state index in [0.29, 0.717) is 17.0 Å². The molecule has 32 heavy (non-hydrogen) atoms. The number of ether oxygens (including phenoxy) is 2. The monoisotopic (exact) mass is 458 g/mol. The largest absolute Gasteiger partial charge is 0.497 e. The molecule has 0 spiro atoms. The number of nitrogens with one attached hydrogen (secondary N) is 2. The number of hydrogen-bond donors (Lipinski definition) is 2. The summed E-state index contributed by atoms with van der Waals surface area (Å²) in [5, 5.41) is 2.76. The van der Waals surface area contributed by atoms with Gasteiger partial charge in [0.05, 0.1) is 25.2 Å². The van der Waals surface area contributed by atoms with Crippen LogP contribution < -0.4 is 19.5 Å². The fourth-order valence-electron chi connectivity index (χ4n) is 2.97. The Balaban J connectivity index is 1.68. The van der Waals surface area contributed by atoms with Crippen LogP contribution in [-0.4, -0.2) is 28.5 Å². The molecule has 0 aliphatic carbocycles. The molecule has 0 aliphatic heterocycles. The molecule has 0 saturated carbocycles. The van der Waals surface area contributed by atoms with E-state index in [4.69, 9.17) is 9.47 Å². The third kappa shape index (κ3) is 5.36. The maximum absolute atomic E-state index is 13.9. The molecule has 1 amide bonds. The minimum absolute atomic E-state index is 0.00939. The predicted molar refractivity (Wildman–Crippen MR) is 119 cm³/mol. The summed E-state index contributed by atoms with van der Waals surface area (Å²) in [5.74, 6) is -0.215. The van der Waals surface area contributed by atoms with Crippen LogP contribution >= 0.6 is 0 Å². The van der Waals surface area contributed by atoms with Crippen molar-refractivity contribution >= 4 is 21.6 Å². The van der Waals surface area contributed by atoms with Gasteiger partial charge < -0.3 is 14.8 Å².